The van der Waals surface area contributed by atoms with Crippen molar-refractivity contribution in [2.45, 2.75) is 18.9 Å². The van der Waals surface area contributed by atoms with Crippen LogP contribution in [0, 0.1) is 11.6 Å². The molecule has 0 aliphatic rings. The maximum Gasteiger partial charge on any atom is 0.126 e. The molecule has 0 amide bonds. The second-order valence-corrected chi connectivity index (χ2v) is 6.11. The minimum absolute atomic E-state index is 0.176. The number of hydrogen-bond donors (Lipinski definition) is 2. The van der Waals surface area contributed by atoms with Gasteiger partial charge < -0.3 is 0 Å². The second kappa shape index (κ2) is 7.31. The molecule has 2 aromatic carbocycles. The van der Waals surface area contributed by atoms with Crippen molar-refractivity contribution in [3.8, 4) is 0 Å². The average molecular weight is 376 g/mol. The number of rotatable bonds is 5. The van der Waals surface area contributed by atoms with E-state index >= 15 is 0 Å². The Morgan fingerprint density at radius 2 is 1.76 bits per heavy atom. The third-order valence-electron chi connectivity index (χ3n) is 3.12. The van der Waals surface area contributed by atoms with Gasteiger partial charge in [-0.25, -0.2) is 8.78 Å². The van der Waals surface area contributed by atoms with Crippen LogP contribution in [0.4, 0.5) is 8.78 Å². The van der Waals surface area contributed by atoms with Crippen molar-refractivity contribution < 1.29 is 8.78 Å². The molecule has 2 nitrogen and oxygen atoms in total. The van der Waals surface area contributed by atoms with Gasteiger partial charge in [-0.3, -0.25) is 11.3 Å². The van der Waals surface area contributed by atoms with E-state index in [1.165, 1.54) is 12.1 Å². The first-order valence-corrected chi connectivity index (χ1v) is 7.50. The van der Waals surface area contributed by atoms with Gasteiger partial charge in [0.25, 0.3) is 0 Å². The molecule has 0 aromatic heterocycles. The van der Waals surface area contributed by atoms with E-state index in [4.69, 9.17) is 17.4 Å². The van der Waals surface area contributed by atoms with Gasteiger partial charge in [0.05, 0.1) is 0 Å². The van der Waals surface area contributed by atoms with Crippen molar-refractivity contribution in [3.63, 3.8) is 0 Å². The van der Waals surface area contributed by atoms with Crippen LogP contribution in [0.2, 0.25) is 5.02 Å². The lowest BCUT2D eigenvalue weighted by Gasteiger charge is -2.17. The number of nitrogens with two attached hydrogens (primary N) is 1. The molecule has 0 heterocycles. The number of nitrogens with one attached hydrogen (secondary N) is 1. The van der Waals surface area contributed by atoms with Crippen LogP contribution in [0.3, 0.4) is 0 Å². The highest BCUT2D eigenvalue weighted by Gasteiger charge is 2.13. The van der Waals surface area contributed by atoms with E-state index in [0.29, 0.717) is 23.4 Å². The fourth-order valence-corrected chi connectivity index (χ4v) is 2.91. The number of halogens is 4. The van der Waals surface area contributed by atoms with Crippen molar-refractivity contribution in [2.75, 3.05) is 0 Å². The lowest BCUT2D eigenvalue weighted by atomic mass is 9.99. The molecule has 21 heavy (non-hydrogen) atoms. The predicted molar refractivity (Wildman–Crippen MR) is 84.0 cm³/mol. The molecule has 0 saturated carbocycles. The molecule has 0 fully saturated rings. The van der Waals surface area contributed by atoms with Crippen LogP contribution in [0.25, 0.3) is 0 Å². The second-order valence-electron chi connectivity index (χ2n) is 4.79. The van der Waals surface area contributed by atoms with E-state index in [1.54, 1.807) is 6.07 Å². The zero-order valence-electron chi connectivity index (χ0n) is 11.0. The average Bonchev–Trinajstić information content (AvgIpc) is 2.39. The normalized spacial score (nSPS) is 12.4. The molecule has 112 valence electrons. The molecule has 0 radical (unpaired) electrons. The first-order valence-electron chi connectivity index (χ1n) is 6.33. The van der Waals surface area contributed by atoms with Crippen molar-refractivity contribution >= 4 is 27.5 Å². The van der Waals surface area contributed by atoms with Gasteiger partial charge in [-0.2, -0.15) is 0 Å². The molecule has 2 aromatic rings. The van der Waals surface area contributed by atoms with Crippen molar-refractivity contribution in [1.29, 1.82) is 0 Å². The third-order valence-corrected chi connectivity index (χ3v) is 3.97. The number of hydrazine groups is 1. The summed E-state index contributed by atoms with van der Waals surface area (Å²) in [6.45, 7) is 0. The Kier molecular flexibility index (Phi) is 5.70. The maximum absolute atomic E-state index is 13.2. The van der Waals surface area contributed by atoms with Gasteiger partial charge in [-0.05, 0) is 48.2 Å². The van der Waals surface area contributed by atoms with Gasteiger partial charge in [0, 0.05) is 21.6 Å². The van der Waals surface area contributed by atoms with Gasteiger partial charge in [0.15, 0.2) is 0 Å². The van der Waals surface area contributed by atoms with E-state index in [-0.39, 0.29) is 6.04 Å². The van der Waals surface area contributed by atoms with Crippen molar-refractivity contribution in [1.82, 2.24) is 5.43 Å². The highest BCUT2D eigenvalue weighted by atomic mass is 79.9. The number of hydrogen-bond acceptors (Lipinski definition) is 2. The fraction of sp³-hybridized carbons (Fsp3) is 0.200. The van der Waals surface area contributed by atoms with Gasteiger partial charge >= 0.3 is 0 Å². The zero-order chi connectivity index (χ0) is 15.4. The summed E-state index contributed by atoms with van der Waals surface area (Å²) >= 11 is 9.51. The van der Waals surface area contributed by atoms with E-state index in [9.17, 15) is 8.78 Å². The quantitative estimate of drug-likeness (QED) is 0.612. The van der Waals surface area contributed by atoms with Crippen LogP contribution in [0.1, 0.15) is 11.1 Å². The molecule has 6 heteroatoms. The summed E-state index contributed by atoms with van der Waals surface area (Å²) in [6.07, 6.45) is 0.957. The topological polar surface area (TPSA) is 38.0 Å². The summed E-state index contributed by atoms with van der Waals surface area (Å²) in [6, 6.07) is 8.85. The van der Waals surface area contributed by atoms with Gasteiger partial charge in [0.1, 0.15) is 11.6 Å². The highest BCUT2D eigenvalue weighted by molar-refractivity contribution is 9.10. The van der Waals surface area contributed by atoms with Gasteiger partial charge in [0.2, 0.25) is 0 Å². The molecule has 1 atom stereocenters. The van der Waals surface area contributed by atoms with E-state index in [2.05, 4.69) is 21.4 Å². The van der Waals surface area contributed by atoms with E-state index in [0.717, 1.165) is 16.1 Å². The summed E-state index contributed by atoms with van der Waals surface area (Å²) in [7, 11) is 0. The lowest BCUT2D eigenvalue weighted by Crippen LogP contribution is -2.38. The molecule has 0 aliphatic heterocycles. The van der Waals surface area contributed by atoms with Gasteiger partial charge in [-0.15, -0.1) is 0 Å². The predicted octanol–water partition coefficient (Wildman–Crippen LogP) is 4.00. The Morgan fingerprint density at radius 3 is 2.33 bits per heavy atom. The SMILES string of the molecule is NNC(Cc1cc(F)cc(F)c1)Cc1ccc(Br)cc1Cl. The monoisotopic (exact) mass is 374 g/mol. The van der Waals surface area contributed by atoms with Crippen LogP contribution < -0.4 is 11.3 Å². The van der Waals surface area contributed by atoms with Crippen LogP contribution in [0.15, 0.2) is 40.9 Å². The molecule has 0 spiro atoms. The third kappa shape index (κ3) is 4.74. The fourth-order valence-electron chi connectivity index (χ4n) is 2.16. The Balaban J connectivity index is 2.12. The molecular weight excluding hydrogens is 362 g/mol. The zero-order valence-corrected chi connectivity index (χ0v) is 13.4. The summed E-state index contributed by atoms with van der Waals surface area (Å²) in [5.74, 6) is 4.34. The molecule has 0 saturated heterocycles. The first kappa shape index (κ1) is 16.4. The Labute approximate surface area is 135 Å². The minimum atomic E-state index is -0.595. The maximum atomic E-state index is 13.2. The highest BCUT2D eigenvalue weighted by Crippen LogP contribution is 2.23. The van der Waals surface area contributed by atoms with E-state index in [1.807, 2.05) is 12.1 Å². The Hall–Kier alpha value is -1.01. The molecule has 0 aliphatic carbocycles. The first-order chi connectivity index (χ1) is 9.97. The largest absolute Gasteiger partial charge is 0.271 e. The molecule has 0 bridgehead atoms. The molecule has 3 N–H and O–H groups in total. The van der Waals surface area contributed by atoms with E-state index < -0.39 is 11.6 Å². The van der Waals surface area contributed by atoms with Crippen molar-refractivity contribution in [3.05, 3.63) is 68.7 Å². The Morgan fingerprint density at radius 1 is 1.10 bits per heavy atom. The van der Waals surface area contributed by atoms with Crippen LogP contribution in [0.5, 0.6) is 0 Å². The van der Waals surface area contributed by atoms with Gasteiger partial charge in [-0.1, -0.05) is 33.6 Å². The summed E-state index contributed by atoms with van der Waals surface area (Å²) < 4.78 is 27.3. The minimum Gasteiger partial charge on any atom is -0.271 e. The lowest BCUT2D eigenvalue weighted by molar-refractivity contribution is 0.516. The smallest absolute Gasteiger partial charge is 0.126 e. The van der Waals surface area contributed by atoms with Crippen molar-refractivity contribution in [2.24, 2.45) is 5.84 Å². The summed E-state index contributed by atoms with van der Waals surface area (Å²) in [5.41, 5.74) is 4.13. The molecule has 1 unspecified atom stereocenters. The molecule has 2 rings (SSSR count). The molecular formula is C15H14BrClF2N2. The van der Waals surface area contributed by atoms with Crippen LogP contribution in [-0.4, -0.2) is 6.04 Å². The standard InChI is InChI=1S/C15H14BrClF2N2/c16-11-2-1-10(15(17)7-11)6-14(21-20)5-9-3-12(18)8-13(19)4-9/h1-4,7-8,14,21H,5-6,20H2. The summed E-state index contributed by atoms with van der Waals surface area (Å²) in [4.78, 5) is 0. The van der Waals surface area contributed by atoms with Crippen LogP contribution >= 0.6 is 27.5 Å². The van der Waals surface area contributed by atoms with Crippen LogP contribution in [-0.2, 0) is 12.8 Å². The Bertz CT molecular complexity index is 617. The number of benzene rings is 2. The summed E-state index contributed by atoms with van der Waals surface area (Å²) in [5, 5.41) is 0.620.